The van der Waals surface area contributed by atoms with Gasteiger partial charge in [0.15, 0.2) is 11.6 Å². The summed E-state index contributed by atoms with van der Waals surface area (Å²) in [6.07, 6.45) is 1.71. The highest BCUT2D eigenvalue weighted by Gasteiger charge is 2.63. The van der Waals surface area contributed by atoms with E-state index in [9.17, 15) is 9.59 Å². The van der Waals surface area contributed by atoms with Crippen molar-refractivity contribution in [2.45, 2.75) is 44.8 Å². The minimum absolute atomic E-state index is 0.0107. The molecule has 0 spiro atoms. The van der Waals surface area contributed by atoms with Crippen LogP contribution < -0.4 is 0 Å². The number of carbonyl (C=O) groups excluding carboxylic acids is 2. The topological polar surface area (TPSA) is 69.4 Å². The van der Waals surface area contributed by atoms with E-state index in [4.69, 9.17) is 9.26 Å². The van der Waals surface area contributed by atoms with Gasteiger partial charge in [-0.2, -0.15) is 0 Å². The summed E-state index contributed by atoms with van der Waals surface area (Å²) < 4.78 is 10.8. The molecular formula is C14H15NO4. The Bertz CT molecular complexity index is 543. The van der Waals surface area contributed by atoms with Crippen molar-refractivity contribution in [2.24, 2.45) is 11.8 Å². The number of rotatable bonds is 1. The average molecular weight is 261 g/mol. The Kier molecular flexibility index (Phi) is 2.11. The maximum Gasteiger partial charge on any atom is 0.154 e. The third-order valence-corrected chi connectivity index (χ3v) is 4.88. The van der Waals surface area contributed by atoms with Gasteiger partial charge in [-0.05, 0) is 26.7 Å². The molecule has 1 saturated carbocycles. The number of hydrogen-bond acceptors (Lipinski definition) is 5. The van der Waals surface area contributed by atoms with Crippen LogP contribution in [0.3, 0.4) is 0 Å². The highest BCUT2D eigenvalue weighted by atomic mass is 16.5. The molecule has 100 valence electrons. The molecule has 0 N–H and O–H groups in total. The van der Waals surface area contributed by atoms with Crippen molar-refractivity contribution in [3.63, 3.8) is 0 Å². The molecular weight excluding hydrogens is 246 g/mol. The predicted molar refractivity (Wildman–Crippen MR) is 63.6 cm³/mol. The summed E-state index contributed by atoms with van der Waals surface area (Å²) in [5.74, 6) is -0.534. The molecule has 3 fully saturated rings. The molecule has 1 aromatic rings. The van der Waals surface area contributed by atoms with Crippen molar-refractivity contribution in [1.82, 2.24) is 5.16 Å². The van der Waals surface area contributed by atoms with Gasteiger partial charge in [-0.3, -0.25) is 9.59 Å². The second kappa shape index (κ2) is 3.54. The van der Waals surface area contributed by atoms with Gasteiger partial charge in [0.05, 0.1) is 29.7 Å². The molecule has 1 aliphatic carbocycles. The maximum absolute atomic E-state index is 12.6. The van der Waals surface area contributed by atoms with Gasteiger partial charge >= 0.3 is 0 Å². The summed E-state index contributed by atoms with van der Waals surface area (Å²) in [5, 5.41) is 3.87. The van der Waals surface area contributed by atoms with Gasteiger partial charge in [0.2, 0.25) is 0 Å². The Morgan fingerprint density at radius 1 is 1.05 bits per heavy atom. The molecule has 3 heterocycles. The molecule has 0 aromatic carbocycles. The minimum Gasteiger partial charge on any atom is -0.373 e. The number of hydrogen-bond donors (Lipinski definition) is 0. The number of carbonyl (C=O) groups is 2. The number of Topliss-reactive ketones (excluding diaryl/α,β-unsaturated/α-hetero) is 2. The SMILES string of the molecule is Cc1noc(C)c1C1C(=O)[C@@H]2[C@H](C1=O)[C@@H]1CC[C@H]2O1. The highest BCUT2D eigenvalue weighted by Crippen LogP contribution is 2.52. The number of nitrogens with zero attached hydrogens (tertiary/aromatic N) is 1. The molecule has 4 rings (SSSR count). The molecule has 3 aliphatic rings. The van der Waals surface area contributed by atoms with Crippen LogP contribution in [0.15, 0.2) is 4.52 Å². The Morgan fingerprint density at radius 2 is 1.63 bits per heavy atom. The van der Waals surface area contributed by atoms with Crippen molar-refractivity contribution < 1.29 is 18.8 Å². The van der Waals surface area contributed by atoms with E-state index in [0.29, 0.717) is 17.0 Å². The van der Waals surface area contributed by atoms with Gasteiger partial charge in [0.1, 0.15) is 11.7 Å². The van der Waals surface area contributed by atoms with E-state index < -0.39 is 5.92 Å². The molecule has 19 heavy (non-hydrogen) atoms. The van der Waals surface area contributed by atoms with Crippen LogP contribution in [0, 0.1) is 25.7 Å². The molecule has 5 atom stereocenters. The summed E-state index contributed by atoms with van der Waals surface area (Å²) in [5.41, 5.74) is 1.33. The van der Waals surface area contributed by atoms with Crippen LogP contribution in [0.2, 0.25) is 0 Å². The van der Waals surface area contributed by atoms with Gasteiger partial charge in [0.25, 0.3) is 0 Å². The molecule has 1 unspecified atom stereocenters. The second-order valence-electron chi connectivity index (χ2n) is 5.82. The third kappa shape index (κ3) is 1.26. The predicted octanol–water partition coefficient (Wildman–Crippen LogP) is 1.32. The fourth-order valence-corrected chi connectivity index (χ4v) is 4.11. The standard InChI is InChI=1S/C14H15NO4/c1-5-9(6(2)19-15-5)12-13(16)10-7-3-4-8(18-7)11(10)14(12)17/h7-8,10-12H,3-4H2,1-2H3/t7-,8+,10+,11-,12?. The molecule has 2 bridgehead atoms. The normalized spacial score (nSPS) is 40.2. The zero-order valence-electron chi connectivity index (χ0n) is 10.9. The lowest BCUT2D eigenvalue weighted by Gasteiger charge is -2.16. The fourth-order valence-electron chi connectivity index (χ4n) is 4.11. The first-order valence-electron chi connectivity index (χ1n) is 6.75. The van der Waals surface area contributed by atoms with E-state index in [2.05, 4.69) is 5.16 Å². The van der Waals surface area contributed by atoms with Crippen LogP contribution >= 0.6 is 0 Å². The summed E-state index contributed by atoms with van der Waals surface area (Å²) in [6, 6.07) is 0. The van der Waals surface area contributed by atoms with Crippen molar-refractivity contribution >= 4 is 11.6 Å². The van der Waals surface area contributed by atoms with Crippen LogP contribution in [0.5, 0.6) is 0 Å². The van der Waals surface area contributed by atoms with Crippen LogP contribution in [0.25, 0.3) is 0 Å². The Morgan fingerprint density at radius 3 is 2.11 bits per heavy atom. The van der Waals surface area contributed by atoms with Crippen molar-refractivity contribution in [2.75, 3.05) is 0 Å². The van der Waals surface area contributed by atoms with Crippen molar-refractivity contribution in [1.29, 1.82) is 0 Å². The summed E-state index contributed by atoms with van der Waals surface area (Å²) in [4.78, 5) is 25.2. The van der Waals surface area contributed by atoms with Crippen molar-refractivity contribution in [3.05, 3.63) is 17.0 Å². The first-order valence-corrected chi connectivity index (χ1v) is 6.75. The molecule has 5 heteroatoms. The van der Waals surface area contributed by atoms with E-state index in [1.54, 1.807) is 13.8 Å². The maximum atomic E-state index is 12.6. The van der Waals surface area contributed by atoms with Gasteiger partial charge in [-0.1, -0.05) is 5.16 Å². The quantitative estimate of drug-likeness (QED) is 0.713. The van der Waals surface area contributed by atoms with Crippen LogP contribution in [0.4, 0.5) is 0 Å². The molecule has 1 aromatic heterocycles. The second-order valence-corrected chi connectivity index (χ2v) is 5.82. The Balaban J connectivity index is 1.80. The molecule has 2 saturated heterocycles. The number of aryl methyl sites for hydroxylation is 2. The van der Waals surface area contributed by atoms with Crippen LogP contribution in [-0.4, -0.2) is 28.9 Å². The lowest BCUT2D eigenvalue weighted by Crippen LogP contribution is -2.29. The molecule has 2 aliphatic heterocycles. The lowest BCUT2D eigenvalue weighted by atomic mass is 9.81. The van der Waals surface area contributed by atoms with E-state index >= 15 is 0 Å². The Hall–Kier alpha value is -1.49. The lowest BCUT2D eigenvalue weighted by molar-refractivity contribution is -0.127. The number of fused-ring (bicyclic) bond motifs is 5. The summed E-state index contributed by atoms with van der Waals surface area (Å²) in [6.45, 7) is 3.54. The zero-order valence-corrected chi connectivity index (χ0v) is 10.9. The summed E-state index contributed by atoms with van der Waals surface area (Å²) in [7, 11) is 0. The van der Waals surface area contributed by atoms with E-state index in [1.165, 1.54) is 0 Å². The van der Waals surface area contributed by atoms with E-state index in [1.807, 2.05) is 0 Å². The number of ether oxygens (including phenoxy) is 1. The number of ketones is 2. The Labute approximate surface area is 110 Å². The zero-order chi connectivity index (χ0) is 13.3. The van der Waals surface area contributed by atoms with Gasteiger partial charge in [0, 0.05) is 5.56 Å². The van der Waals surface area contributed by atoms with E-state index in [0.717, 1.165) is 12.8 Å². The summed E-state index contributed by atoms with van der Waals surface area (Å²) >= 11 is 0. The largest absolute Gasteiger partial charge is 0.373 e. The van der Waals surface area contributed by atoms with Crippen LogP contribution in [-0.2, 0) is 14.3 Å². The van der Waals surface area contributed by atoms with Crippen LogP contribution in [0.1, 0.15) is 35.8 Å². The van der Waals surface area contributed by atoms with Gasteiger partial charge in [-0.25, -0.2) is 0 Å². The minimum atomic E-state index is -0.673. The highest BCUT2D eigenvalue weighted by molar-refractivity contribution is 6.17. The van der Waals surface area contributed by atoms with Gasteiger partial charge in [-0.15, -0.1) is 0 Å². The fraction of sp³-hybridized carbons (Fsp3) is 0.643. The monoisotopic (exact) mass is 261 g/mol. The molecule has 5 nitrogen and oxygen atoms in total. The molecule has 0 amide bonds. The first kappa shape index (κ1) is 11.3. The average Bonchev–Trinajstić information content (AvgIpc) is 3.10. The third-order valence-electron chi connectivity index (χ3n) is 4.88. The smallest absolute Gasteiger partial charge is 0.154 e. The first-order chi connectivity index (χ1) is 9.09. The number of aromatic nitrogens is 1. The van der Waals surface area contributed by atoms with Gasteiger partial charge < -0.3 is 9.26 Å². The van der Waals surface area contributed by atoms with E-state index in [-0.39, 0.29) is 35.6 Å². The van der Waals surface area contributed by atoms with Crippen molar-refractivity contribution in [3.8, 4) is 0 Å². The molecule has 0 radical (unpaired) electrons.